The standard InChI is InChI=1S/C14H21N3OS/c1-11(18)17-6-3-14(4-7-17)9-12(14)16(2)10-13-15-5-8-19-13/h5,8,12H,3-4,6-7,9-10H2,1-2H3/t12-/m0/s1. The summed E-state index contributed by atoms with van der Waals surface area (Å²) in [6, 6.07) is 0.686. The van der Waals surface area contributed by atoms with Crippen LogP contribution in [0.3, 0.4) is 0 Å². The fourth-order valence-electron chi connectivity index (χ4n) is 3.41. The number of thiazole rings is 1. The van der Waals surface area contributed by atoms with Gasteiger partial charge in [0.2, 0.25) is 5.91 Å². The minimum Gasteiger partial charge on any atom is -0.343 e. The molecule has 1 atom stereocenters. The van der Waals surface area contributed by atoms with Crippen molar-refractivity contribution in [3.8, 4) is 0 Å². The summed E-state index contributed by atoms with van der Waals surface area (Å²) < 4.78 is 0. The second kappa shape index (κ2) is 4.87. The average Bonchev–Trinajstić information content (AvgIpc) is 2.84. The molecule has 104 valence electrons. The van der Waals surface area contributed by atoms with Gasteiger partial charge in [-0.05, 0) is 31.7 Å². The number of hydrogen-bond acceptors (Lipinski definition) is 4. The first-order chi connectivity index (χ1) is 9.11. The first-order valence-electron chi connectivity index (χ1n) is 6.95. The molecule has 0 bridgehead atoms. The van der Waals surface area contributed by atoms with Crippen LogP contribution in [0, 0.1) is 5.41 Å². The van der Waals surface area contributed by atoms with E-state index in [-0.39, 0.29) is 5.91 Å². The zero-order valence-corrected chi connectivity index (χ0v) is 12.4. The highest BCUT2D eigenvalue weighted by Crippen LogP contribution is 2.56. The van der Waals surface area contributed by atoms with Crippen molar-refractivity contribution < 1.29 is 4.79 Å². The molecule has 2 fully saturated rings. The third-order valence-electron chi connectivity index (χ3n) is 4.75. The molecule has 19 heavy (non-hydrogen) atoms. The van der Waals surface area contributed by atoms with Gasteiger partial charge in [-0.1, -0.05) is 0 Å². The minimum atomic E-state index is 0.225. The van der Waals surface area contributed by atoms with Crippen molar-refractivity contribution in [1.82, 2.24) is 14.8 Å². The Morgan fingerprint density at radius 3 is 2.89 bits per heavy atom. The van der Waals surface area contributed by atoms with Crippen LogP contribution in [0.5, 0.6) is 0 Å². The summed E-state index contributed by atoms with van der Waals surface area (Å²) in [4.78, 5) is 20.2. The monoisotopic (exact) mass is 279 g/mol. The first kappa shape index (κ1) is 13.1. The Morgan fingerprint density at radius 1 is 1.58 bits per heavy atom. The maximum Gasteiger partial charge on any atom is 0.219 e. The first-order valence-corrected chi connectivity index (χ1v) is 7.83. The van der Waals surface area contributed by atoms with Crippen LogP contribution < -0.4 is 0 Å². The Kier molecular flexibility index (Phi) is 3.35. The number of amides is 1. The van der Waals surface area contributed by atoms with E-state index in [0.717, 1.165) is 19.6 Å². The molecule has 1 aliphatic heterocycles. The Hall–Kier alpha value is -0.940. The van der Waals surface area contributed by atoms with Gasteiger partial charge in [0.25, 0.3) is 0 Å². The van der Waals surface area contributed by atoms with Gasteiger partial charge in [-0.2, -0.15) is 0 Å². The highest BCUT2D eigenvalue weighted by Gasteiger charge is 2.56. The van der Waals surface area contributed by atoms with Gasteiger partial charge in [0.1, 0.15) is 5.01 Å². The molecule has 1 saturated carbocycles. The van der Waals surface area contributed by atoms with E-state index in [9.17, 15) is 4.79 Å². The average molecular weight is 279 g/mol. The summed E-state index contributed by atoms with van der Waals surface area (Å²) >= 11 is 1.73. The van der Waals surface area contributed by atoms with E-state index in [0.29, 0.717) is 11.5 Å². The van der Waals surface area contributed by atoms with E-state index >= 15 is 0 Å². The SMILES string of the molecule is CC(=O)N1CCC2(CC1)C[C@@H]2N(C)Cc1nccs1. The van der Waals surface area contributed by atoms with E-state index in [2.05, 4.69) is 16.9 Å². The highest BCUT2D eigenvalue weighted by atomic mass is 32.1. The number of carbonyl (C=O) groups excluding carboxylic acids is 1. The lowest BCUT2D eigenvalue weighted by Gasteiger charge is -2.33. The third-order valence-corrected chi connectivity index (χ3v) is 5.52. The van der Waals surface area contributed by atoms with Gasteiger partial charge in [-0.25, -0.2) is 4.98 Å². The highest BCUT2D eigenvalue weighted by molar-refractivity contribution is 7.09. The molecule has 2 heterocycles. The van der Waals surface area contributed by atoms with Gasteiger partial charge in [0.05, 0.1) is 6.54 Å². The van der Waals surface area contributed by atoms with Crippen LogP contribution in [0.1, 0.15) is 31.2 Å². The smallest absolute Gasteiger partial charge is 0.219 e. The second-order valence-electron chi connectivity index (χ2n) is 5.93. The maximum absolute atomic E-state index is 11.4. The Morgan fingerprint density at radius 2 is 2.32 bits per heavy atom. The normalized spacial score (nSPS) is 25.0. The van der Waals surface area contributed by atoms with E-state index < -0.39 is 0 Å². The molecule has 0 N–H and O–H groups in total. The molecule has 4 nitrogen and oxygen atoms in total. The van der Waals surface area contributed by atoms with Crippen molar-refractivity contribution in [2.24, 2.45) is 5.41 Å². The molecular formula is C14H21N3OS. The minimum absolute atomic E-state index is 0.225. The molecule has 2 aliphatic rings. The molecule has 1 aliphatic carbocycles. The van der Waals surface area contributed by atoms with Gasteiger partial charge in [0.15, 0.2) is 0 Å². The zero-order valence-electron chi connectivity index (χ0n) is 11.6. The predicted molar refractivity (Wildman–Crippen MR) is 75.9 cm³/mol. The number of hydrogen-bond donors (Lipinski definition) is 0. The summed E-state index contributed by atoms with van der Waals surface area (Å²) in [5.41, 5.74) is 0.484. The van der Waals surface area contributed by atoms with Crippen LogP contribution in [0.2, 0.25) is 0 Å². The topological polar surface area (TPSA) is 36.4 Å². The molecule has 1 saturated heterocycles. The van der Waals surface area contributed by atoms with Crippen LogP contribution in [-0.2, 0) is 11.3 Å². The van der Waals surface area contributed by atoms with E-state index in [4.69, 9.17) is 0 Å². The lowest BCUT2D eigenvalue weighted by atomic mass is 9.92. The molecular weight excluding hydrogens is 258 g/mol. The number of piperidine rings is 1. The van der Waals surface area contributed by atoms with Crippen molar-refractivity contribution >= 4 is 17.2 Å². The zero-order chi connectivity index (χ0) is 13.5. The lowest BCUT2D eigenvalue weighted by Crippen LogP contribution is -2.40. The maximum atomic E-state index is 11.4. The van der Waals surface area contributed by atoms with Crippen molar-refractivity contribution in [3.05, 3.63) is 16.6 Å². The second-order valence-corrected chi connectivity index (χ2v) is 6.91. The van der Waals surface area contributed by atoms with E-state index in [1.54, 1.807) is 18.3 Å². The Labute approximate surface area is 118 Å². The number of nitrogens with zero attached hydrogens (tertiary/aromatic N) is 3. The predicted octanol–water partition coefficient (Wildman–Crippen LogP) is 1.98. The van der Waals surface area contributed by atoms with Crippen LogP contribution in [-0.4, -0.2) is 46.9 Å². The summed E-state index contributed by atoms with van der Waals surface area (Å²) in [6.45, 7) is 4.52. The fraction of sp³-hybridized carbons (Fsp3) is 0.714. The summed E-state index contributed by atoms with van der Waals surface area (Å²) in [7, 11) is 2.21. The van der Waals surface area contributed by atoms with Crippen molar-refractivity contribution in [3.63, 3.8) is 0 Å². The van der Waals surface area contributed by atoms with Gasteiger partial charge in [-0.3, -0.25) is 9.69 Å². The summed E-state index contributed by atoms with van der Waals surface area (Å²) in [5, 5.41) is 3.24. The quantitative estimate of drug-likeness (QED) is 0.849. The molecule has 3 rings (SSSR count). The van der Waals surface area contributed by atoms with Crippen LogP contribution in [0.25, 0.3) is 0 Å². The molecule has 5 heteroatoms. The molecule has 1 amide bonds. The van der Waals surface area contributed by atoms with Gasteiger partial charge in [0, 0.05) is 37.6 Å². The third kappa shape index (κ3) is 2.54. The lowest BCUT2D eigenvalue weighted by molar-refractivity contribution is -0.130. The molecule has 0 aromatic carbocycles. The van der Waals surface area contributed by atoms with Gasteiger partial charge >= 0.3 is 0 Å². The van der Waals surface area contributed by atoms with Gasteiger partial charge < -0.3 is 4.90 Å². The number of aromatic nitrogens is 1. The van der Waals surface area contributed by atoms with Gasteiger partial charge in [-0.15, -0.1) is 11.3 Å². The number of carbonyl (C=O) groups is 1. The van der Waals surface area contributed by atoms with Crippen molar-refractivity contribution in [1.29, 1.82) is 0 Å². The van der Waals surface area contributed by atoms with E-state index in [1.807, 2.05) is 16.5 Å². The van der Waals surface area contributed by atoms with Crippen molar-refractivity contribution in [2.45, 2.75) is 38.8 Å². The summed E-state index contributed by atoms with van der Waals surface area (Å²) in [5.74, 6) is 0.225. The van der Waals surface area contributed by atoms with Crippen molar-refractivity contribution in [2.75, 3.05) is 20.1 Å². The van der Waals surface area contributed by atoms with Crippen LogP contribution in [0.15, 0.2) is 11.6 Å². The molecule has 1 aromatic heterocycles. The van der Waals surface area contributed by atoms with E-state index in [1.165, 1.54) is 24.3 Å². The summed E-state index contributed by atoms with van der Waals surface area (Å²) in [6.07, 6.45) is 5.50. The molecule has 0 radical (unpaired) electrons. The van der Waals surface area contributed by atoms with Crippen LogP contribution in [0.4, 0.5) is 0 Å². The number of likely N-dealkylation sites (tertiary alicyclic amines) is 1. The molecule has 0 unspecified atom stereocenters. The van der Waals surface area contributed by atoms with Crippen LogP contribution >= 0.6 is 11.3 Å². The Balaban J connectivity index is 1.54. The molecule has 1 aromatic rings. The molecule has 1 spiro atoms. The Bertz CT molecular complexity index is 451. The number of rotatable bonds is 3. The fourth-order valence-corrected chi connectivity index (χ4v) is 4.09. The largest absolute Gasteiger partial charge is 0.343 e.